The molecule has 0 aliphatic rings. The molecule has 0 fully saturated rings. The highest BCUT2D eigenvalue weighted by molar-refractivity contribution is 5.82. The van der Waals surface area contributed by atoms with Crippen LogP contribution in [-0.4, -0.2) is 19.5 Å². The molecule has 2 aromatic heterocycles. The fourth-order valence-corrected chi connectivity index (χ4v) is 2.32. The number of rotatable bonds is 3. The van der Waals surface area contributed by atoms with E-state index in [1.54, 1.807) is 12.3 Å². The van der Waals surface area contributed by atoms with Gasteiger partial charge in [0.15, 0.2) is 5.65 Å². The number of hydrogen-bond donors (Lipinski definition) is 1. The van der Waals surface area contributed by atoms with E-state index in [9.17, 15) is 10.1 Å². The number of benzene rings is 1. The Kier molecular flexibility index (Phi) is 3.02. The van der Waals surface area contributed by atoms with Crippen LogP contribution in [0.15, 0.2) is 36.5 Å². The SMILES string of the molecule is CCn1c(-c2cc([N+](=O)[O-])ccc2N)nc2cccnc21. The summed E-state index contributed by atoms with van der Waals surface area (Å²) >= 11 is 0. The number of aryl methyl sites for hydroxylation is 1. The zero-order valence-electron chi connectivity index (χ0n) is 11.4. The van der Waals surface area contributed by atoms with Crippen LogP contribution >= 0.6 is 0 Å². The molecule has 1 aromatic carbocycles. The Morgan fingerprint density at radius 2 is 2.19 bits per heavy atom. The van der Waals surface area contributed by atoms with Crippen molar-refractivity contribution < 1.29 is 4.92 Å². The minimum Gasteiger partial charge on any atom is -0.398 e. The summed E-state index contributed by atoms with van der Waals surface area (Å²) in [5, 5.41) is 10.9. The van der Waals surface area contributed by atoms with E-state index in [-0.39, 0.29) is 5.69 Å². The topological polar surface area (TPSA) is 99.9 Å². The van der Waals surface area contributed by atoms with Gasteiger partial charge in [-0.2, -0.15) is 0 Å². The number of anilines is 1. The van der Waals surface area contributed by atoms with Crippen LogP contribution in [0.4, 0.5) is 11.4 Å². The molecule has 0 saturated carbocycles. The number of non-ortho nitro benzene ring substituents is 1. The lowest BCUT2D eigenvalue weighted by molar-refractivity contribution is -0.384. The van der Waals surface area contributed by atoms with E-state index in [1.165, 1.54) is 18.2 Å². The lowest BCUT2D eigenvalue weighted by Gasteiger charge is -2.07. The maximum absolute atomic E-state index is 10.9. The third kappa shape index (κ3) is 2.08. The second-order valence-corrected chi connectivity index (χ2v) is 4.55. The van der Waals surface area contributed by atoms with E-state index < -0.39 is 4.92 Å². The predicted molar refractivity (Wildman–Crippen MR) is 79.7 cm³/mol. The van der Waals surface area contributed by atoms with E-state index in [4.69, 9.17) is 5.73 Å². The molecule has 0 amide bonds. The molecule has 0 atom stereocenters. The van der Waals surface area contributed by atoms with Gasteiger partial charge in [-0.3, -0.25) is 10.1 Å². The Bertz CT molecular complexity index is 840. The van der Waals surface area contributed by atoms with Gasteiger partial charge in [0, 0.05) is 36.1 Å². The highest BCUT2D eigenvalue weighted by Gasteiger charge is 2.17. The number of fused-ring (bicyclic) bond motifs is 1. The molecule has 0 aliphatic carbocycles. The first-order valence-electron chi connectivity index (χ1n) is 6.47. The molecule has 3 aromatic rings. The quantitative estimate of drug-likeness (QED) is 0.452. The first-order chi connectivity index (χ1) is 10.1. The molecule has 0 unspecified atom stereocenters. The molecule has 21 heavy (non-hydrogen) atoms. The number of aromatic nitrogens is 3. The van der Waals surface area contributed by atoms with Crippen LogP contribution in [0.2, 0.25) is 0 Å². The summed E-state index contributed by atoms with van der Waals surface area (Å²) in [7, 11) is 0. The van der Waals surface area contributed by atoms with Crippen molar-refractivity contribution >= 4 is 22.5 Å². The standard InChI is InChI=1S/C14H13N5O2/c1-2-18-13(17-12-4-3-7-16-14(12)18)10-8-9(19(20)21)5-6-11(10)15/h3-8H,2,15H2,1H3. The molecular formula is C14H13N5O2. The first-order valence-corrected chi connectivity index (χ1v) is 6.47. The maximum Gasteiger partial charge on any atom is 0.270 e. The van der Waals surface area contributed by atoms with Crippen LogP contribution in [0.3, 0.4) is 0 Å². The molecule has 0 saturated heterocycles. The highest BCUT2D eigenvalue weighted by Crippen LogP contribution is 2.31. The van der Waals surface area contributed by atoms with Gasteiger partial charge in [-0.15, -0.1) is 0 Å². The summed E-state index contributed by atoms with van der Waals surface area (Å²) in [6.45, 7) is 2.61. The van der Waals surface area contributed by atoms with Crippen molar-refractivity contribution in [2.24, 2.45) is 0 Å². The summed E-state index contributed by atoms with van der Waals surface area (Å²) in [5.41, 5.74) is 8.43. The number of nitrogens with zero attached hydrogens (tertiary/aromatic N) is 4. The fraction of sp³-hybridized carbons (Fsp3) is 0.143. The first kappa shape index (κ1) is 13.0. The zero-order chi connectivity index (χ0) is 15.0. The second-order valence-electron chi connectivity index (χ2n) is 4.55. The van der Waals surface area contributed by atoms with E-state index in [2.05, 4.69) is 9.97 Å². The number of nitrogen functional groups attached to an aromatic ring is 1. The smallest absolute Gasteiger partial charge is 0.270 e. The van der Waals surface area contributed by atoms with Crippen molar-refractivity contribution in [1.82, 2.24) is 14.5 Å². The average molecular weight is 283 g/mol. The van der Waals surface area contributed by atoms with Crippen LogP contribution in [0.25, 0.3) is 22.6 Å². The zero-order valence-corrected chi connectivity index (χ0v) is 11.4. The monoisotopic (exact) mass is 283 g/mol. The van der Waals surface area contributed by atoms with E-state index in [1.807, 2.05) is 17.6 Å². The molecule has 3 rings (SSSR count). The fourth-order valence-electron chi connectivity index (χ4n) is 2.32. The highest BCUT2D eigenvalue weighted by atomic mass is 16.6. The Balaban J connectivity index is 2.29. The van der Waals surface area contributed by atoms with Crippen LogP contribution in [-0.2, 0) is 6.54 Å². The molecule has 106 valence electrons. The second kappa shape index (κ2) is 4.86. The third-order valence-corrected chi connectivity index (χ3v) is 3.31. The number of nitro groups is 1. The van der Waals surface area contributed by atoms with Crippen molar-refractivity contribution in [3.63, 3.8) is 0 Å². The van der Waals surface area contributed by atoms with Gasteiger partial charge in [-0.25, -0.2) is 9.97 Å². The molecular weight excluding hydrogens is 270 g/mol. The number of pyridine rings is 1. The van der Waals surface area contributed by atoms with Gasteiger partial charge in [-0.05, 0) is 25.1 Å². The van der Waals surface area contributed by atoms with Crippen molar-refractivity contribution in [1.29, 1.82) is 0 Å². The molecule has 7 nitrogen and oxygen atoms in total. The summed E-state index contributed by atoms with van der Waals surface area (Å²) in [6.07, 6.45) is 1.69. The Labute approximate surface area is 120 Å². The van der Waals surface area contributed by atoms with Crippen LogP contribution in [0.1, 0.15) is 6.92 Å². The van der Waals surface area contributed by atoms with Crippen molar-refractivity contribution in [2.45, 2.75) is 13.5 Å². The number of hydrogen-bond acceptors (Lipinski definition) is 5. The van der Waals surface area contributed by atoms with Crippen LogP contribution in [0.5, 0.6) is 0 Å². The van der Waals surface area contributed by atoms with E-state index in [0.717, 1.165) is 11.2 Å². The number of nitro benzene ring substituents is 1. The maximum atomic E-state index is 10.9. The van der Waals surface area contributed by atoms with Gasteiger partial charge < -0.3 is 10.3 Å². The molecule has 2 heterocycles. The summed E-state index contributed by atoms with van der Waals surface area (Å²) in [5.74, 6) is 0.590. The summed E-state index contributed by atoms with van der Waals surface area (Å²) in [6, 6.07) is 8.01. The van der Waals surface area contributed by atoms with Gasteiger partial charge in [0.1, 0.15) is 11.3 Å². The van der Waals surface area contributed by atoms with E-state index in [0.29, 0.717) is 23.6 Å². The molecule has 0 radical (unpaired) electrons. The largest absolute Gasteiger partial charge is 0.398 e. The van der Waals surface area contributed by atoms with Crippen LogP contribution in [0, 0.1) is 10.1 Å². The van der Waals surface area contributed by atoms with Gasteiger partial charge in [0.25, 0.3) is 5.69 Å². The minimum atomic E-state index is -0.444. The van der Waals surface area contributed by atoms with Gasteiger partial charge in [0.2, 0.25) is 0 Å². The van der Waals surface area contributed by atoms with Crippen molar-refractivity contribution in [2.75, 3.05) is 5.73 Å². The van der Waals surface area contributed by atoms with E-state index >= 15 is 0 Å². The number of nitrogens with two attached hydrogens (primary N) is 1. The molecule has 0 aliphatic heterocycles. The normalized spacial score (nSPS) is 10.9. The Hall–Kier alpha value is -2.96. The lowest BCUT2D eigenvalue weighted by atomic mass is 10.1. The minimum absolute atomic E-state index is 0.0122. The Morgan fingerprint density at radius 3 is 2.90 bits per heavy atom. The molecule has 2 N–H and O–H groups in total. The van der Waals surface area contributed by atoms with Crippen molar-refractivity contribution in [3.8, 4) is 11.4 Å². The Morgan fingerprint density at radius 1 is 1.38 bits per heavy atom. The summed E-state index contributed by atoms with van der Waals surface area (Å²) < 4.78 is 1.89. The molecule has 0 spiro atoms. The lowest BCUT2D eigenvalue weighted by Crippen LogP contribution is -2.01. The van der Waals surface area contributed by atoms with Gasteiger partial charge in [0.05, 0.1) is 4.92 Å². The van der Waals surface area contributed by atoms with Gasteiger partial charge in [-0.1, -0.05) is 0 Å². The average Bonchev–Trinajstić information content (AvgIpc) is 2.85. The van der Waals surface area contributed by atoms with Crippen LogP contribution < -0.4 is 5.73 Å². The molecule has 0 bridgehead atoms. The molecule has 7 heteroatoms. The number of imidazole rings is 1. The van der Waals surface area contributed by atoms with Gasteiger partial charge >= 0.3 is 0 Å². The van der Waals surface area contributed by atoms with Crippen molar-refractivity contribution in [3.05, 3.63) is 46.6 Å². The third-order valence-electron chi connectivity index (χ3n) is 3.31. The summed E-state index contributed by atoms with van der Waals surface area (Å²) in [4.78, 5) is 19.3. The predicted octanol–water partition coefficient (Wildman–Crippen LogP) is 2.61.